The van der Waals surface area contributed by atoms with Gasteiger partial charge in [0.25, 0.3) is 0 Å². The highest BCUT2D eigenvalue weighted by Crippen LogP contribution is 2.29. The summed E-state index contributed by atoms with van der Waals surface area (Å²) < 4.78 is 37.5. The molecule has 7 heteroatoms. The lowest BCUT2D eigenvalue weighted by atomic mass is 10.0. The van der Waals surface area contributed by atoms with E-state index in [9.17, 15) is 13.2 Å². The van der Waals surface area contributed by atoms with Crippen LogP contribution in [0.5, 0.6) is 0 Å². The minimum Gasteiger partial charge on any atom is -0.271 e. The molecular weight excluding hydrogens is 303 g/mol. The molecule has 1 unspecified atom stereocenters. The topological polar surface area (TPSA) is 50.9 Å². The molecule has 1 atom stereocenters. The second kappa shape index (κ2) is 6.43. The Hall–Kier alpha value is -1.63. The summed E-state index contributed by atoms with van der Waals surface area (Å²) in [5, 5.41) is 0.615. The van der Waals surface area contributed by atoms with Gasteiger partial charge in [-0.1, -0.05) is 23.7 Å². The van der Waals surface area contributed by atoms with Gasteiger partial charge in [-0.05, 0) is 36.2 Å². The molecule has 2 rings (SSSR count). The lowest BCUT2D eigenvalue weighted by Gasteiger charge is -2.16. The molecule has 0 amide bonds. The van der Waals surface area contributed by atoms with E-state index >= 15 is 0 Å². The molecule has 112 valence electrons. The molecule has 2 aromatic rings. The van der Waals surface area contributed by atoms with Crippen molar-refractivity contribution in [3.63, 3.8) is 0 Å². The van der Waals surface area contributed by atoms with Gasteiger partial charge in [-0.3, -0.25) is 16.3 Å². The quantitative estimate of drug-likeness (QED) is 0.670. The molecule has 0 radical (unpaired) electrons. The van der Waals surface area contributed by atoms with E-state index in [1.54, 1.807) is 12.1 Å². The summed E-state index contributed by atoms with van der Waals surface area (Å²) in [6.07, 6.45) is -3.10. The summed E-state index contributed by atoms with van der Waals surface area (Å²) >= 11 is 5.80. The molecule has 0 spiro atoms. The molecule has 0 saturated heterocycles. The minimum absolute atomic E-state index is 0.381. The predicted octanol–water partition coefficient (Wildman–Crippen LogP) is 3.50. The maximum absolute atomic E-state index is 12.5. The highest BCUT2D eigenvalue weighted by Gasteiger charge is 2.30. The Morgan fingerprint density at radius 3 is 2.29 bits per heavy atom. The number of hydrogen-bond acceptors (Lipinski definition) is 3. The van der Waals surface area contributed by atoms with Gasteiger partial charge in [-0.25, -0.2) is 0 Å². The number of nitrogens with zero attached hydrogens (tertiary/aromatic N) is 1. The number of benzene rings is 1. The summed E-state index contributed by atoms with van der Waals surface area (Å²) in [6.45, 7) is 0. The van der Waals surface area contributed by atoms with Gasteiger partial charge in [0, 0.05) is 11.2 Å². The Balaban J connectivity index is 2.15. The van der Waals surface area contributed by atoms with Gasteiger partial charge in [-0.15, -0.1) is 0 Å². The third-order valence-corrected chi connectivity index (χ3v) is 3.28. The number of halogens is 4. The SMILES string of the molecule is NNC(Cc1ccc(Cl)cc1)c1ccc(C(F)(F)F)cn1. The molecule has 0 aliphatic carbocycles. The summed E-state index contributed by atoms with van der Waals surface area (Å²) in [5.41, 5.74) is 3.17. The fourth-order valence-corrected chi connectivity index (χ4v) is 2.01. The van der Waals surface area contributed by atoms with E-state index in [1.165, 1.54) is 6.07 Å². The molecule has 21 heavy (non-hydrogen) atoms. The molecule has 1 aromatic carbocycles. The van der Waals surface area contributed by atoms with E-state index in [-0.39, 0.29) is 6.04 Å². The first-order chi connectivity index (χ1) is 9.90. The average Bonchev–Trinajstić information content (AvgIpc) is 2.46. The maximum atomic E-state index is 12.5. The molecule has 0 saturated carbocycles. The summed E-state index contributed by atoms with van der Waals surface area (Å²) in [6, 6.07) is 9.08. The molecule has 3 N–H and O–H groups in total. The number of nitrogens with one attached hydrogen (secondary N) is 1. The second-order valence-corrected chi connectivity index (χ2v) is 4.96. The number of aromatic nitrogens is 1. The Bertz CT molecular complexity index is 582. The highest BCUT2D eigenvalue weighted by atomic mass is 35.5. The number of hydrazine groups is 1. The fourth-order valence-electron chi connectivity index (χ4n) is 1.88. The summed E-state index contributed by atoms with van der Waals surface area (Å²) in [4.78, 5) is 3.84. The van der Waals surface area contributed by atoms with Crippen molar-refractivity contribution in [2.24, 2.45) is 5.84 Å². The highest BCUT2D eigenvalue weighted by molar-refractivity contribution is 6.30. The molecule has 1 aromatic heterocycles. The van der Waals surface area contributed by atoms with Crippen LogP contribution in [0.3, 0.4) is 0 Å². The van der Waals surface area contributed by atoms with Crippen LogP contribution >= 0.6 is 11.6 Å². The van der Waals surface area contributed by atoms with E-state index in [2.05, 4.69) is 10.4 Å². The van der Waals surface area contributed by atoms with Gasteiger partial charge in [0.05, 0.1) is 17.3 Å². The van der Waals surface area contributed by atoms with Crippen molar-refractivity contribution in [3.8, 4) is 0 Å². The largest absolute Gasteiger partial charge is 0.417 e. The molecular formula is C14H13ClF3N3. The van der Waals surface area contributed by atoms with Crippen molar-refractivity contribution in [2.45, 2.75) is 18.6 Å². The standard InChI is InChI=1S/C14H13ClF3N3/c15-11-4-1-9(2-5-11)7-13(21-19)12-6-3-10(8-20-12)14(16,17)18/h1-6,8,13,21H,7,19H2. The van der Waals surface area contributed by atoms with Crippen LogP contribution < -0.4 is 11.3 Å². The van der Waals surface area contributed by atoms with Gasteiger partial charge >= 0.3 is 6.18 Å². The van der Waals surface area contributed by atoms with Crippen molar-refractivity contribution in [2.75, 3.05) is 0 Å². The zero-order valence-electron chi connectivity index (χ0n) is 10.9. The number of pyridine rings is 1. The first-order valence-corrected chi connectivity index (χ1v) is 6.51. The number of alkyl halides is 3. The second-order valence-electron chi connectivity index (χ2n) is 4.52. The van der Waals surface area contributed by atoms with Crippen molar-refractivity contribution < 1.29 is 13.2 Å². The molecule has 0 aliphatic heterocycles. The number of rotatable bonds is 4. The third kappa shape index (κ3) is 4.17. The van der Waals surface area contributed by atoms with Crippen LogP contribution in [0.4, 0.5) is 13.2 Å². The van der Waals surface area contributed by atoms with E-state index in [0.717, 1.165) is 17.8 Å². The van der Waals surface area contributed by atoms with Crippen LogP contribution in [0.25, 0.3) is 0 Å². The van der Waals surface area contributed by atoms with Crippen LogP contribution in [0.2, 0.25) is 5.02 Å². The number of hydrogen-bond donors (Lipinski definition) is 2. The smallest absolute Gasteiger partial charge is 0.271 e. The first kappa shape index (κ1) is 15.8. The van der Waals surface area contributed by atoms with E-state index < -0.39 is 11.7 Å². The minimum atomic E-state index is -4.40. The maximum Gasteiger partial charge on any atom is 0.417 e. The molecule has 3 nitrogen and oxygen atoms in total. The van der Waals surface area contributed by atoms with Crippen LogP contribution in [-0.2, 0) is 12.6 Å². The van der Waals surface area contributed by atoms with Crippen LogP contribution in [0, 0.1) is 0 Å². The summed E-state index contributed by atoms with van der Waals surface area (Å²) in [5.74, 6) is 5.47. The fraction of sp³-hybridized carbons (Fsp3) is 0.214. The molecule has 0 fully saturated rings. The Kier molecular flexibility index (Phi) is 4.82. The zero-order valence-corrected chi connectivity index (χ0v) is 11.6. The van der Waals surface area contributed by atoms with Crippen molar-refractivity contribution in [1.29, 1.82) is 0 Å². The van der Waals surface area contributed by atoms with E-state index in [4.69, 9.17) is 17.4 Å². The Morgan fingerprint density at radius 1 is 1.14 bits per heavy atom. The van der Waals surface area contributed by atoms with Crippen LogP contribution in [-0.4, -0.2) is 4.98 Å². The Labute approximate surface area is 124 Å². The normalized spacial score (nSPS) is 13.2. The van der Waals surface area contributed by atoms with Gasteiger partial charge < -0.3 is 0 Å². The monoisotopic (exact) mass is 315 g/mol. The van der Waals surface area contributed by atoms with Crippen molar-refractivity contribution >= 4 is 11.6 Å². The van der Waals surface area contributed by atoms with Gasteiger partial charge in [-0.2, -0.15) is 13.2 Å². The lowest BCUT2D eigenvalue weighted by molar-refractivity contribution is -0.137. The van der Waals surface area contributed by atoms with Gasteiger partial charge in [0.15, 0.2) is 0 Å². The van der Waals surface area contributed by atoms with Gasteiger partial charge in [0.2, 0.25) is 0 Å². The summed E-state index contributed by atoms with van der Waals surface area (Å²) in [7, 11) is 0. The Morgan fingerprint density at radius 2 is 1.81 bits per heavy atom. The third-order valence-electron chi connectivity index (χ3n) is 3.02. The lowest BCUT2D eigenvalue weighted by Crippen LogP contribution is -2.30. The van der Waals surface area contributed by atoms with E-state index in [0.29, 0.717) is 17.1 Å². The van der Waals surface area contributed by atoms with Crippen LogP contribution in [0.1, 0.15) is 22.9 Å². The molecule has 1 heterocycles. The molecule has 0 aliphatic rings. The number of nitrogens with two attached hydrogens (primary N) is 1. The zero-order chi connectivity index (χ0) is 15.5. The predicted molar refractivity (Wildman–Crippen MR) is 74.5 cm³/mol. The van der Waals surface area contributed by atoms with Crippen molar-refractivity contribution in [1.82, 2.24) is 10.4 Å². The van der Waals surface area contributed by atoms with Crippen molar-refractivity contribution in [3.05, 3.63) is 64.4 Å². The van der Waals surface area contributed by atoms with Crippen LogP contribution in [0.15, 0.2) is 42.6 Å². The van der Waals surface area contributed by atoms with E-state index in [1.807, 2.05) is 12.1 Å². The molecule has 0 bridgehead atoms. The first-order valence-electron chi connectivity index (χ1n) is 6.14. The van der Waals surface area contributed by atoms with Gasteiger partial charge in [0.1, 0.15) is 0 Å². The average molecular weight is 316 g/mol.